The van der Waals surface area contributed by atoms with E-state index in [-0.39, 0.29) is 23.5 Å². The van der Waals surface area contributed by atoms with Crippen molar-refractivity contribution in [2.75, 3.05) is 31.1 Å². The van der Waals surface area contributed by atoms with E-state index < -0.39 is 0 Å². The van der Waals surface area contributed by atoms with Gasteiger partial charge in [0.1, 0.15) is 17.9 Å². The Morgan fingerprint density at radius 1 is 1.23 bits per heavy atom. The minimum atomic E-state index is -0.225. The van der Waals surface area contributed by atoms with Gasteiger partial charge < -0.3 is 20.3 Å². The molecule has 0 spiro atoms. The van der Waals surface area contributed by atoms with Crippen LogP contribution < -0.4 is 20.3 Å². The van der Waals surface area contributed by atoms with Crippen molar-refractivity contribution < 1.29 is 9.53 Å². The number of hydrogen-bond acceptors (Lipinski definition) is 5. The van der Waals surface area contributed by atoms with Gasteiger partial charge in [-0.15, -0.1) is 0 Å². The molecular weight excluding hydrogens is 412 g/mol. The molecule has 1 aliphatic carbocycles. The van der Waals surface area contributed by atoms with Crippen molar-refractivity contribution in [3.05, 3.63) is 58.6 Å². The summed E-state index contributed by atoms with van der Waals surface area (Å²) in [5.41, 5.74) is 2.01. The van der Waals surface area contributed by atoms with Crippen molar-refractivity contribution in [1.82, 2.24) is 10.6 Å². The molecule has 0 aromatic heterocycles. The summed E-state index contributed by atoms with van der Waals surface area (Å²) in [6.45, 7) is 8.10. The van der Waals surface area contributed by atoms with Crippen LogP contribution in [0, 0.1) is 16.7 Å². The Hall–Kier alpha value is -2.75. The number of nitrogens with zero attached hydrogens (tertiary/aromatic N) is 2. The molecule has 0 bridgehead atoms. The Balaban J connectivity index is 1.34. The standard InChI is InChI=1S/C24H27ClN4O2/c1-24(2)21(14-22(24)31-19-8-5-17(15-26)20(25)13-19)28-23(30)16-3-6-18(7-4-16)29-11-9-27-10-12-29/h3-8,13,21-22,27H,9-12,14H2,1-2H3,(H,28,30)/t21-,22-/m0/s1. The molecule has 7 heteroatoms. The van der Waals surface area contributed by atoms with Crippen molar-refractivity contribution in [3.8, 4) is 11.8 Å². The zero-order chi connectivity index (χ0) is 22.0. The molecule has 1 saturated heterocycles. The predicted molar refractivity (Wildman–Crippen MR) is 122 cm³/mol. The first-order valence-corrected chi connectivity index (χ1v) is 11.0. The SMILES string of the molecule is CC1(C)[C@@H](NC(=O)c2ccc(N3CCNCC3)cc2)C[C@@H]1Oc1ccc(C#N)c(Cl)c1. The first kappa shape index (κ1) is 21.5. The number of rotatable bonds is 5. The molecule has 1 amide bonds. The molecule has 4 rings (SSSR count). The van der Waals surface area contributed by atoms with Gasteiger partial charge in [-0.2, -0.15) is 5.26 Å². The van der Waals surface area contributed by atoms with Crippen molar-refractivity contribution in [2.24, 2.45) is 5.41 Å². The molecule has 0 radical (unpaired) electrons. The van der Waals surface area contributed by atoms with E-state index in [0.717, 1.165) is 38.3 Å². The van der Waals surface area contributed by atoms with Gasteiger partial charge in [0.2, 0.25) is 0 Å². The van der Waals surface area contributed by atoms with Gasteiger partial charge in [0.25, 0.3) is 5.91 Å². The number of ether oxygens (including phenoxy) is 1. The number of halogens is 1. The fourth-order valence-corrected chi connectivity index (χ4v) is 4.36. The fraction of sp³-hybridized carbons (Fsp3) is 0.417. The molecule has 1 aliphatic heterocycles. The molecule has 1 heterocycles. The number of benzene rings is 2. The molecule has 162 valence electrons. The second kappa shape index (κ2) is 8.78. The summed E-state index contributed by atoms with van der Waals surface area (Å²) < 4.78 is 6.09. The first-order chi connectivity index (χ1) is 14.9. The number of amides is 1. The van der Waals surface area contributed by atoms with E-state index in [1.54, 1.807) is 18.2 Å². The third kappa shape index (κ3) is 4.48. The Labute approximate surface area is 188 Å². The zero-order valence-corrected chi connectivity index (χ0v) is 18.6. The Kier molecular flexibility index (Phi) is 6.08. The van der Waals surface area contributed by atoms with E-state index in [0.29, 0.717) is 21.9 Å². The number of nitrogens with one attached hydrogen (secondary N) is 2. The summed E-state index contributed by atoms with van der Waals surface area (Å²) >= 11 is 6.11. The van der Waals surface area contributed by atoms with E-state index in [2.05, 4.69) is 29.4 Å². The van der Waals surface area contributed by atoms with Crippen LogP contribution in [0.2, 0.25) is 5.02 Å². The molecule has 6 nitrogen and oxygen atoms in total. The van der Waals surface area contributed by atoms with Crippen LogP contribution in [0.3, 0.4) is 0 Å². The minimum Gasteiger partial charge on any atom is -0.490 e. The van der Waals surface area contributed by atoms with Gasteiger partial charge in [0, 0.05) is 61.4 Å². The van der Waals surface area contributed by atoms with Crippen LogP contribution in [0.15, 0.2) is 42.5 Å². The highest BCUT2D eigenvalue weighted by molar-refractivity contribution is 6.31. The highest BCUT2D eigenvalue weighted by Gasteiger charge is 2.50. The van der Waals surface area contributed by atoms with Crippen LogP contribution in [0.4, 0.5) is 5.69 Å². The van der Waals surface area contributed by atoms with E-state index >= 15 is 0 Å². The first-order valence-electron chi connectivity index (χ1n) is 10.6. The van der Waals surface area contributed by atoms with E-state index in [1.165, 1.54) is 0 Å². The molecule has 2 aliphatic rings. The van der Waals surface area contributed by atoms with Crippen LogP contribution in [-0.4, -0.2) is 44.2 Å². The number of carbonyl (C=O) groups excluding carboxylic acids is 1. The average Bonchev–Trinajstić information content (AvgIpc) is 2.79. The van der Waals surface area contributed by atoms with Gasteiger partial charge in [-0.25, -0.2) is 0 Å². The maximum Gasteiger partial charge on any atom is 0.251 e. The number of nitriles is 1. The normalized spacial score (nSPS) is 22.2. The van der Waals surface area contributed by atoms with Crippen LogP contribution in [-0.2, 0) is 0 Å². The maximum atomic E-state index is 12.8. The van der Waals surface area contributed by atoms with Crippen molar-refractivity contribution in [3.63, 3.8) is 0 Å². The van der Waals surface area contributed by atoms with E-state index in [4.69, 9.17) is 21.6 Å². The van der Waals surface area contributed by atoms with Gasteiger partial charge in [-0.1, -0.05) is 25.4 Å². The number of piperazine rings is 1. The Bertz CT molecular complexity index is 994. The lowest BCUT2D eigenvalue weighted by molar-refractivity contribution is -0.0515. The number of anilines is 1. The maximum absolute atomic E-state index is 12.8. The zero-order valence-electron chi connectivity index (χ0n) is 17.8. The fourth-order valence-electron chi connectivity index (χ4n) is 4.14. The minimum absolute atomic E-state index is 0.0201. The monoisotopic (exact) mass is 438 g/mol. The molecule has 2 aromatic rings. The molecule has 1 saturated carbocycles. The van der Waals surface area contributed by atoms with Gasteiger partial charge in [0.15, 0.2) is 0 Å². The molecule has 31 heavy (non-hydrogen) atoms. The number of hydrogen-bond donors (Lipinski definition) is 2. The Morgan fingerprint density at radius 2 is 1.94 bits per heavy atom. The van der Waals surface area contributed by atoms with Crippen LogP contribution >= 0.6 is 11.6 Å². The summed E-state index contributed by atoms with van der Waals surface area (Å²) in [6, 6.07) is 15.0. The van der Waals surface area contributed by atoms with Crippen LogP contribution in [0.5, 0.6) is 5.75 Å². The molecule has 2 aromatic carbocycles. The van der Waals surface area contributed by atoms with Gasteiger partial charge in [0.05, 0.1) is 10.6 Å². The second-order valence-electron chi connectivity index (χ2n) is 8.73. The lowest BCUT2D eigenvalue weighted by Gasteiger charge is -2.51. The molecule has 2 N–H and O–H groups in total. The topological polar surface area (TPSA) is 77.4 Å². The largest absolute Gasteiger partial charge is 0.490 e. The van der Waals surface area contributed by atoms with E-state index in [1.807, 2.05) is 30.3 Å². The smallest absolute Gasteiger partial charge is 0.251 e. The van der Waals surface area contributed by atoms with Crippen LogP contribution in [0.25, 0.3) is 0 Å². The summed E-state index contributed by atoms with van der Waals surface area (Å²) in [5, 5.41) is 15.9. The Morgan fingerprint density at radius 3 is 2.55 bits per heavy atom. The molecule has 2 atom stereocenters. The lowest BCUT2D eigenvalue weighted by atomic mass is 9.64. The molecule has 2 fully saturated rings. The quantitative estimate of drug-likeness (QED) is 0.745. The van der Waals surface area contributed by atoms with Crippen LogP contribution in [0.1, 0.15) is 36.2 Å². The van der Waals surface area contributed by atoms with E-state index in [9.17, 15) is 4.79 Å². The van der Waals surface area contributed by atoms with Crippen molar-refractivity contribution in [2.45, 2.75) is 32.4 Å². The van der Waals surface area contributed by atoms with Gasteiger partial charge in [-0.3, -0.25) is 4.79 Å². The second-order valence-corrected chi connectivity index (χ2v) is 9.13. The summed E-state index contributed by atoms with van der Waals surface area (Å²) in [5.74, 6) is 0.570. The number of carbonyl (C=O) groups is 1. The lowest BCUT2D eigenvalue weighted by Crippen LogP contribution is -2.63. The van der Waals surface area contributed by atoms with Crippen molar-refractivity contribution in [1.29, 1.82) is 5.26 Å². The summed E-state index contributed by atoms with van der Waals surface area (Å²) in [6.07, 6.45) is 0.673. The summed E-state index contributed by atoms with van der Waals surface area (Å²) in [4.78, 5) is 15.1. The summed E-state index contributed by atoms with van der Waals surface area (Å²) in [7, 11) is 0. The van der Waals surface area contributed by atoms with Gasteiger partial charge in [-0.05, 0) is 36.4 Å². The van der Waals surface area contributed by atoms with Crippen molar-refractivity contribution >= 4 is 23.2 Å². The highest BCUT2D eigenvalue weighted by atomic mass is 35.5. The predicted octanol–water partition coefficient (Wildman–Crippen LogP) is 3.60. The third-order valence-electron chi connectivity index (χ3n) is 6.43. The third-order valence-corrected chi connectivity index (χ3v) is 6.75. The highest BCUT2D eigenvalue weighted by Crippen LogP contribution is 2.43. The molecular formula is C24H27ClN4O2. The molecule has 0 unspecified atom stereocenters. The average molecular weight is 439 g/mol. The van der Waals surface area contributed by atoms with Gasteiger partial charge >= 0.3 is 0 Å².